The fourth-order valence-corrected chi connectivity index (χ4v) is 2.36. The van der Waals surface area contributed by atoms with Gasteiger partial charge in [-0.25, -0.2) is 19.0 Å². The van der Waals surface area contributed by atoms with Crippen molar-refractivity contribution >= 4 is 15.9 Å². The lowest BCUT2D eigenvalue weighted by atomic mass is 10.4. The maximum absolute atomic E-state index is 11.7. The van der Waals surface area contributed by atoms with Crippen molar-refractivity contribution in [2.45, 2.75) is 24.8 Å². The molecule has 0 unspecified atom stereocenters. The van der Waals surface area contributed by atoms with Crippen LogP contribution >= 0.6 is 0 Å². The zero-order chi connectivity index (χ0) is 12.3. The second kappa shape index (κ2) is 4.64. The molecular formula is C8H14N4O3S. The second-order valence-electron chi connectivity index (χ2n) is 3.50. The third-order valence-corrected chi connectivity index (χ3v) is 3.37. The second-order valence-corrected chi connectivity index (χ2v) is 5.21. The molecule has 1 aromatic heterocycles. The van der Waals surface area contributed by atoms with Crippen molar-refractivity contribution in [3.63, 3.8) is 0 Å². The number of nitrogens with two attached hydrogens (primary N) is 1. The fraction of sp³-hybridized carbons (Fsp3) is 0.375. The molecule has 0 bridgehead atoms. The number of carbonyl (C=O) groups is 1. The molecule has 0 saturated carbocycles. The Morgan fingerprint density at radius 2 is 2.12 bits per heavy atom. The van der Waals surface area contributed by atoms with Crippen molar-refractivity contribution in [1.82, 2.24) is 15.1 Å². The van der Waals surface area contributed by atoms with Gasteiger partial charge in [-0.05, 0) is 19.9 Å². The molecule has 0 spiro atoms. The molecule has 0 atom stereocenters. The van der Waals surface area contributed by atoms with Crippen LogP contribution in [0.5, 0.6) is 0 Å². The SMILES string of the molecule is CC(C)NS(=O)(=O)c1c[nH]c(C(=O)NN)c1. The van der Waals surface area contributed by atoms with Crippen LogP contribution in [-0.4, -0.2) is 25.4 Å². The molecule has 0 aliphatic heterocycles. The first-order valence-corrected chi connectivity index (χ1v) is 6.07. The van der Waals surface area contributed by atoms with E-state index in [1.807, 2.05) is 5.43 Å². The van der Waals surface area contributed by atoms with Crippen molar-refractivity contribution < 1.29 is 13.2 Å². The summed E-state index contributed by atoms with van der Waals surface area (Å²) in [6, 6.07) is 0.999. The lowest BCUT2D eigenvalue weighted by Gasteiger charge is -2.06. The number of nitrogen functional groups attached to an aromatic ring is 1. The van der Waals surface area contributed by atoms with Crippen LogP contribution in [0.1, 0.15) is 24.3 Å². The van der Waals surface area contributed by atoms with Crippen LogP contribution in [0, 0.1) is 0 Å². The maximum Gasteiger partial charge on any atom is 0.281 e. The van der Waals surface area contributed by atoms with Crippen molar-refractivity contribution in [2.75, 3.05) is 0 Å². The molecule has 0 aliphatic rings. The van der Waals surface area contributed by atoms with Gasteiger partial charge in [0.25, 0.3) is 5.91 Å². The van der Waals surface area contributed by atoms with Gasteiger partial charge in [0.1, 0.15) is 10.6 Å². The minimum absolute atomic E-state index is 0.000185. The Labute approximate surface area is 93.4 Å². The molecular weight excluding hydrogens is 232 g/mol. The zero-order valence-corrected chi connectivity index (χ0v) is 9.76. The summed E-state index contributed by atoms with van der Waals surface area (Å²) < 4.78 is 25.7. The number of sulfonamides is 1. The Morgan fingerprint density at radius 3 is 2.62 bits per heavy atom. The predicted octanol–water partition coefficient (Wildman–Crippen LogP) is -0.695. The van der Waals surface area contributed by atoms with Crippen LogP contribution in [-0.2, 0) is 10.0 Å². The normalized spacial score (nSPS) is 11.8. The molecule has 16 heavy (non-hydrogen) atoms. The highest BCUT2D eigenvalue weighted by molar-refractivity contribution is 7.89. The van der Waals surface area contributed by atoms with Gasteiger partial charge in [0, 0.05) is 12.2 Å². The highest BCUT2D eigenvalue weighted by Gasteiger charge is 2.18. The molecule has 8 heteroatoms. The molecule has 1 heterocycles. The van der Waals surface area contributed by atoms with E-state index in [9.17, 15) is 13.2 Å². The van der Waals surface area contributed by atoms with Crippen LogP contribution in [0.25, 0.3) is 0 Å². The third kappa shape index (κ3) is 2.81. The third-order valence-electron chi connectivity index (χ3n) is 1.73. The number of hydrazine groups is 1. The van der Waals surface area contributed by atoms with E-state index < -0.39 is 15.9 Å². The molecule has 90 valence electrons. The van der Waals surface area contributed by atoms with Crippen molar-refractivity contribution in [3.05, 3.63) is 18.0 Å². The standard InChI is InChI=1S/C8H14N4O3S/c1-5(2)12-16(14,15)6-3-7(10-4-6)8(13)11-9/h3-5,10,12H,9H2,1-2H3,(H,11,13). The summed E-state index contributed by atoms with van der Waals surface area (Å²) in [4.78, 5) is 13.6. The van der Waals surface area contributed by atoms with Crippen molar-refractivity contribution in [3.8, 4) is 0 Å². The lowest BCUT2D eigenvalue weighted by molar-refractivity contribution is 0.0949. The van der Waals surface area contributed by atoms with E-state index in [0.29, 0.717) is 0 Å². The van der Waals surface area contributed by atoms with E-state index in [1.165, 1.54) is 12.3 Å². The van der Waals surface area contributed by atoms with Crippen LogP contribution in [0.2, 0.25) is 0 Å². The highest BCUT2D eigenvalue weighted by atomic mass is 32.2. The topological polar surface area (TPSA) is 117 Å². The zero-order valence-electron chi connectivity index (χ0n) is 8.94. The Morgan fingerprint density at radius 1 is 1.50 bits per heavy atom. The molecule has 1 amide bonds. The summed E-state index contributed by atoms with van der Waals surface area (Å²) in [7, 11) is -3.58. The van der Waals surface area contributed by atoms with Gasteiger partial charge >= 0.3 is 0 Å². The average Bonchev–Trinajstić information content (AvgIpc) is 2.63. The van der Waals surface area contributed by atoms with E-state index in [2.05, 4.69) is 9.71 Å². The average molecular weight is 246 g/mol. The van der Waals surface area contributed by atoms with Gasteiger partial charge in [-0.15, -0.1) is 0 Å². The van der Waals surface area contributed by atoms with Crippen molar-refractivity contribution in [2.24, 2.45) is 5.84 Å². The molecule has 0 aliphatic carbocycles. The monoisotopic (exact) mass is 246 g/mol. The smallest absolute Gasteiger partial charge is 0.281 e. The predicted molar refractivity (Wildman–Crippen MR) is 57.9 cm³/mol. The van der Waals surface area contributed by atoms with Crippen LogP contribution in [0.15, 0.2) is 17.2 Å². The van der Waals surface area contributed by atoms with Gasteiger partial charge in [0.05, 0.1) is 0 Å². The number of amides is 1. The number of nitrogens with one attached hydrogen (secondary N) is 3. The fourth-order valence-electron chi connectivity index (χ4n) is 1.12. The Hall–Kier alpha value is -1.38. The Balaban J connectivity index is 2.98. The van der Waals surface area contributed by atoms with Gasteiger partial charge in [-0.2, -0.15) is 0 Å². The van der Waals surface area contributed by atoms with Gasteiger partial charge in [0.2, 0.25) is 10.0 Å². The number of carbonyl (C=O) groups excluding carboxylic acids is 1. The first-order chi connectivity index (χ1) is 7.36. The quantitative estimate of drug-likeness (QED) is 0.319. The number of rotatable bonds is 4. The largest absolute Gasteiger partial charge is 0.356 e. The molecule has 5 N–H and O–H groups in total. The Kier molecular flexibility index (Phi) is 3.68. The van der Waals surface area contributed by atoms with Gasteiger partial charge in [0.15, 0.2) is 0 Å². The molecule has 0 radical (unpaired) electrons. The first kappa shape index (κ1) is 12.7. The minimum atomic E-state index is -3.58. The van der Waals surface area contributed by atoms with E-state index in [0.717, 1.165) is 0 Å². The number of hydrogen-bond acceptors (Lipinski definition) is 4. The number of H-pyrrole nitrogens is 1. The van der Waals surface area contributed by atoms with Crippen molar-refractivity contribution in [1.29, 1.82) is 0 Å². The summed E-state index contributed by atoms with van der Waals surface area (Å²) in [5.74, 6) is 4.34. The summed E-state index contributed by atoms with van der Waals surface area (Å²) in [6.45, 7) is 3.41. The van der Waals surface area contributed by atoms with Gasteiger partial charge in [-0.1, -0.05) is 0 Å². The molecule has 0 fully saturated rings. The van der Waals surface area contributed by atoms with E-state index in [1.54, 1.807) is 13.8 Å². The van der Waals surface area contributed by atoms with E-state index >= 15 is 0 Å². The lowest BCUT2D eigenvalue weighted by Crippen LogP contribution is -2.31. The summed E-state index contributed by atoms with van der Waals surface area (Å²) in [5.41, 5.74) is 1.99. The molecule has 0 saturated heterocycles. The highest BCUT2D eigenvalue weighted by Crippen LogP contribution is 2.10. The van der Waals surface area contributed by atoms with E-state index in [-0.39, 0.29) is 16.6 Å². The van der Waals surface area contributed by atoms with Gasteiger partial charge in [-0.3, -0.25) is 10.2 Å². The first-order valence-electron chi connectivity index (χ1n) is 4.58. The number of aromatic nitrogens is 1. The van der Waals surface area contributed by atoms with Crippen LogP contribution in [0.3, 0.4) is 0 Å². The maximum atomic E-state index is 11.7. The molecule has 1 rings (SSSR count). The molecule has 1 aromatic rings. The van der Waals surface area contributed by atoms with Gasteiger partial charge < -0.3 is 4.98 Å². The number of aromatic amines is 1. The van der Waals surface area contributed by atoms with Crippen LogP contribution in [0.4, 0.5) is 0 Å². The molecule has 7 nitrogen and oxygen atoms in total. The summed E-state index contributed by atoms with van der Waals surface area (Å²) in [6.07, 6.45) is 1.23. The summed E-state index contributed by atoms with van der Waals surface area (Å²) in [5, 5.41) is 0. The van der Waals surface area contributed by atoms with E-state index in [4.69, 9.17) is 5.84 Å². The van der Waals surface area contributed by atoms with Crippen LogP contribution < -0.4 is 16.0 Å². The summed E-state index contributed by atoms with van der Waals surface area (Å²) >= 11 is 0. The molecule has 0 aromatic carbocycles. The number of hydrogen-bond donors (Lipinski definition) is 4. The minimum Gasteiger partial charge on any atom is -0.356 e. The Bertz CT molecular complexity index is 477.